The van der Waals surface area contributed by atoms with Gasteiger partial charge in [0.1, 0.15) is 0 Å². The number of para-hydroxylation sites is 1. The number of aryl methyl sites for hydroxylation is 2. The van der Waals surface area contributed by atoms with Gasteiger partial charge in [0.15, 0.2) is 0 Å². The van der Waals surface area contributed by atoms with Gasteiger partial charge in [0.25, 0.3) is 0 Å². The van der Waals surface area contributed by atoms with Gasteiger partial charge in [-0.15, -0.1) is 11.3 Å². The molecule has 3 aromatic rings. The van der Waals surface area contributed by atoms with E-state index in [-0.39, 0.29) is 6.04 Å². The van der Waals surface area contributed by atoms with E-state index in [0.29, 0.717) is 0 Å². The Morgan fingerprint density at radius 2 is 2.05 bits per heavy atom. The SMILES string of the molecule is Cc1cc(C(Cc2ccnc3ccccc23)NN)sc1C. The van der Waals surface area contributed by atoms with E-state index in [1.54, 1.807) is 0 Å². The van der Waals surface area contributed by atoms with Crippen LogP contribution in [0, 0.1) is 13.8 Å². The van der Waals surface area contributed by atoms with Crippen LogP contribution in [-0.4, -0.2) is 4.98 Å². The van der Waals surface area contributed by atoms with E-state index in [1.807, 2.05) is 29.7 Å². The molecule has 0 aliphatic heterocycles. The number of nitrogens with zero attached hydrogens (tertiary/aromatic N) is 1. The molecule has 1 aromatic carbocycles. The lowest BCUT2D eigenvalue weighted by Gasteiger charge is -2.15. The molecule has 0 aliphatic carbocycles. The maximum Gasteiger partial charge on any atom is 0.0704 e. The Bertz CT molecular complexity index is 739. The minimum atomic E-state index is 0.133. The van der Waals surface area contributed by atoms with Crippen molar-refractivity contribution < 1.29 is 0 Å². The topological polar surface area (TPSA) is 50.9 Å². The second kappa shape index (κ2) is 5.93. The highest BCUT2D eigenvalue weighted by Gasteiger charge is 2.15. The number of hydrogen-bond acceptors (Lipinski definition) is 4. The van der Waals surface area contributed by atoms with Gasteiger partial charge in [0.05, 0.1) is 11.6 Å². The zero-order chi connectivity index (χ0) is 14.8. The fourth-order valence-electron chi connectivity index (χ4n) is 2.57. The van der Waals surface area contributed by atoms with E-state index in [9.17, 15) is 0 Å². The highest BCUT2D eigenvalue weighted by Crippen LogP contribution is 2.29. The molecule has 0 amide bonds. The Balaban J connectivity index is 1.96. The number of pyridine rings is 1. The zero-order valence-electron chi connectivity index (χ0n) is 12.3. The van der Waals surface area contributed by atoms with Crippen molar-refractivity contribution in [3.63, 3.8) is 0 Å². The lowest BCUT2D eigenvalue weighted by molar-refractivity contribution is 0.562. The highest BCUT2D eigenvalue weighted by molar-refractivity contribution is 7.12. The van der Waals surface area contributed by atoms with E-state index in [4.69, 9.17) is 5.84 Å². The average molecular weight is 297 g/mol. The van der Waals surface area contributed by atoms with Gasteiger partial charge in [-0.05, 0) is 49.6 Å². The van der Waals surface area contributed by atoms with Gasteiger partial charge in [-0.3, -0.25) is 16.3 Å². The van der Waals surface area contributed by atoms with Gasteiger partial charge in [-0.25, -0.2) is 0 Å². The van der Waals surface area contributed by atoms with Crippen LogP contribution in [0.25, 0.3) is 10.9 Å². The van der Waals surface area contributed by atoms with Crippen molar-refractivity contribution in [1.82, 2.24) is 10.4 Å². The molecule has 1 atom stereocenters. The standard InChI is InChI=1S/C17H19N3S/c1-11-9-17(21-12(11)2)16(20-18)10-13-7-8-19-15-6-4-3-5-14(13)15/h3-9,16,20H,10,18H2,1-2H3. The molecule has 3 nitrogen and oxygen atoms in total. The number of hydrogen-bond donors (Lipinski definition) is 2. The van der Waals surface area contributed by atoms with Crippen molar-refractivity contribution in [2.75, 3.05) is 0 Å². The van der Waals surface area contributed by atoms with Crippen LogP contribution in [0.5, 0.6) is 0 Å². The van der Waals surface area contributed by atoms with Crippen LogP contribution >= 0.6 is 11.3 Å². The number of aromatic nitrogens is 1. The number of fused-ring (bicyclic) bond motifs is 1. The molecule has 2 aromatic heterocycles. The first-order valence-corrected chi connectivity index (χ1v) is 7.86. The van der Waals surface area contributed by atoms with Gasteiger partial charge in [0.2, 0.25) is 0 Å². The van der Waals surface area contributed by atoms with Crippen LogP contribution in [0.1, 0.15) is 26.9 Å². The maximum absolute atomic E-state index is 5.80. The van der Waals surface area contributed by atoms with Crippen molar-refractivity contribution in [2.45, 2.75) is 26.3 Å². The van der Waals surface area contributed by atoms with Crippen LogP contribution in [0.15, 0.2) is 42.6 Å². The molecule has 108 valence electrons. The summed E-state index contributed by atoms with van der Waals surface area (Å²) in [4.78, 5) is 7.05. The zero-order valence-corrected chi connectivity index (χ0v) is 13.1. The Labute approximate surface area is 128 Å². The molecule has 0 saturated heterocycles. The quantitative estimate of drug-likeness (QED) is 0.571. The first kappa shape index (κ1) is 14.2. The van der Waals surface area contributed by atoms with E-state index >= 15 is 0 Å². The highest BCUT2D eigenvalue weighted by atomic mass is 32.1. The summed E-state index contributed by atoms with van der Waals surface area (Å²) in [6.07, 6.45) is 2.73. The molecule has 21 heavy (non-hydrogen) atoms. The summed E-state index contributed by atoms with van der Waals surface area (Å²) >= 11 is 1.81. The fourth-order valence-corrected chi connectivity index (χ4v) is 3.67. The molecule has 0 spiro atoms. The Hall–Kier alpha value is -1.75. The van der Waals surface area contributed by atoms with Crippen LogP contribution < -0.4 is 11.3 Å². The third-order valence-electron chi connectivity index (χ3n) is 3.89. The summed E-state index contributed by atoms with van der Waals surface area (Å²) in [5.74, 6) is 5.80. The number of nitrogens with one attached hydrogen (secondary N) is 1. The molecular weight excluding hydrogens is 278 g/mol. The lowest BCUT2D eigenvalue weighted by atomic mass is 10.0. The summed E-state index contributed by atoms with van der Waals surface area (Å²) in [5, 5.41) is 1.20. The van der Waals surface area contributed by atoms with Gasteiger partial charge in [-0.2, -0.15) is 0 Å². The monoisotopic (exact) mass is 297 g/mol. The number of thiophene rings is 1. The van der Waals surface area contributed by atoms with E-state index < -0.39 is 0 Å². The number of benzene rings is 1. The summed E-state index contributed by atoms with van der Waals surface area (Å²) in [5.41, 5.74) is 6.59. The molecule has 4 heteroatoms. The molecule has 0 aliphatic rings. The smallest absolute Gasteiger partial charge is 0.0704 e. The average Bonchev–Trinajstić information content (AvgIpc) is 2.84. The Kier molecular flexibility index (Phi) is 4.01. The van der Waals surface area contributed by atoms with E-state index in [0.717, 1.165) is 11.9 Å². The summed E-state index contributed by atoms with van der Waals surface area (Å²) < 4.78 is 0. The molecule has 0 radical (unpaired) electrons. The van der Waals surface area contributed by atoms with Gasteiger partial charge < -0.3 is 0 Å². The fraction of sp³-hybridized carbons (Fsp3) is 0.235. The molecule has 3 rings (SSSR count). The van der Waals surface area contributed by atoms with Crippen LogP contribution in [0.4, 0.5) is 0 Å². The summed E-state index contributed by atoms with van der Waals surface area (Å²) in [6.45, 7) is 4.30. The molecule has 1 unspecified atom stereocenters. The van der Waals surface area contributed by atoms with Crippen molar-refractivity contribution in [3.05, 3.63) is 63.5 Å². The maximum atomic E-state index is 5.80. The Morgan fingerprint density at radius 1 is 1.24 bits per heavy atom. The largest absolute Gasteiger partial charge is 0.271 e. The lowest BCUT2D eigenvalue weighted by Crippen LogP contribution is -2.29. The van der Waals surface area contributed by atoms with Gasteiger partial charge in [-0.1, -0.05) is 18.2 Å². The van der Waals surface area contributed by atoms with Crippen LogP contribution in [0.3, 0.4) is 0 Å². The summed E-state index contributed by atoms with van der Waals surface area (Å²) in [7, 11) is 0. The minimum Gasteiger partial charge on any atom is -0.271 e. The summed E-state index contributed by atoms with van der Waals surface area (Å²) in [6, 6.07) is 12.7. The number of rotatable bonds is 4. The second-order valence-corrected chi connectivity index (χ2v) is 6.59. The predicted molar refractivity (Wildman–Crippen MR) is 89.3 cm³/mol. The Morgan fingerprint density at radius 3 is 2.76 bits per heavy atom. The van der Waals surface area contributed by atoms with Gasteiger partial charge >= 0.3 is 0 Å². The van der Waals surface area contributed by atoms with Crippen molar-refractivity contribution in [1.29, 1.82) is 0 Å². The van der Waals surface area contributed by atoms with Gasteiger partial charge in [0, 0.05) is 21.3 Å². The van der Waals surface area contributed by atoms with E-state index in [1.165, 1.54) is 26.3 Å². The third-order valence-corrected chi connectivity index (χ3v) is 5.16. The van der Waals surface area contributed by atoms with Crippen molar-refractivity contribution in [3.8, 4) is 0 Å². The minimum absolute atomic E-state index is 0.133. The first-order valence-electron chi connectivity index (χ1n) is 7.04. The van der Waals surface area contributed by atoms with E-state index in [2.05, 4.69) is 48.5 Å². The molecule has 3 N–H and O–H groups in total. The second-order valence-electron chi connectivity index (χ2n) is 5.30. The molecule has 2 heterocycles. The first-order chi connectivity index (χ1) is 10.2. The predicted octanol–water partition coefficient (Wildman–Crippen LogP) is 3.66. The molecule has 0 bridgehead atoms. The number of hydrazine groups is 1. The van der Waals surface area contributed by atoms with Crippen molar-refractivity contribution in [2.24, 2.45) is 5.84 Å². The van der Waals surface area contributed by atoms with Crippen LogP contribution in [-0.2, 0) is 6.42 Å². The third kappa shape index (κ3) is 2.83. The number of nitrogens with two attached hydrogens (primary N) is 1. The molecule has 0 saturated carbocycles. The molecule has 0 fully saturated rings. The van der Waals surface area contributed by atoms with Crippen molar-refractivity contribution >= 4 is 22.2 Å². The van der Waals surface area contributed by atoms with Crippen LogP contribution in [0.2, 0.25) is 0 Å². The normalized spacial score (nSPS) is 12.7. The molecular formula is C17H19N3S.